The predicted octanol–water partition coefficient (Wildman–Crippen LogP) is 4.92. The lowest BCUT2D eigenvalue weighted by molar-refractivity contribution is -0.137. The smallest absolute Gasteiger partial charge is 0.322 e. The van der Waals surface area contributed by atoms with Crippen LogP contribution in [0.1, 0.15) is 65.5 Å². The van der Waals surface area contributed by atoms with E-state index >= 15 is 0 Å². The molecule has 1 aromatic carbocycles. The molecule has 154 valence electrons. The highest BCUT2D eigenvalue weighted by molar-refractivity contribution is 5.80. The predicted molar refractivity (Wildman–Crippen MR) is 112 cm³/mol. The average molecular weight is 387 g/mol. The van der Waals surface area contributed by atoms with Crippen molar-refractivity contribution in [3.05, 3.63) is 47.2 Å². The van der Waals surface area contributed by atoms with Crippen LogP contribution in [-0.2, 0) is 16.8 Å². The van der Waals surface area contributed by atoms with E-state index in [0.29, 0.717) is 5.41 Å². The summed E-state index contributed by atoms with van der Waals surface area (Å²) in [4.78, 5) is 25.0. The van der Waals surface area contributed by atoms with Crippen molar-refractivity contribution >= 4 is 12.0 Å². The molecular formula is C23H34N2O3. The van der Waals surface area contributed by atoms with E-state index < -0.39 is 11.5 Å². The first-order valence-corrected chi connectivity index (χ1v) is 10.0. The van der Waals surface area contributed by atoms with E-state index in [1.54, 1.807) is 0 Å². The highest BCUT2D eigenvalue weighted by Gasteiger charge is 2.39. The van der Waals surface area contributed by atoms with Gasteiger partial charge in [-0.3, -0.25) is 4.79 Å². The summed E-state index contributed by atoms with van der Waals surface area (Å²) < 4.78 is 0. The number of nitrogens with zero attached hydrogens (tertiary/aromatic N) is 1. The zero-order valence-corrected chi connectivity index (χ0v) is 18.0. The van der Waals surface area contributed by atoms with Gasteiger partial charge in [0.25, 0.3) is 0 Å². The van der Waals surface area contributed by atoms with Gasteiger partial charge < -0.3 is 15.3 Å². The Hall–Kier alpha value is -2.30. The largest absolute Gasteiger partial charge is 0.481 e. The van der Waals surface area contributed by atoms with Gasteiger partial charge in [-0.2, -0.15) is 0 Å². The van der Waals surface area contributed by atoms with Crippen LogP contribution in [-0.4, -0.2) is 28.6 Å². The summed E-state index contributed by atoms with van der Waals surface area (Å²) >= 11 is 0. The van der Waals surface area contributed by atoms with Crippen LogP contribution in [0, 0.1) is 11.3 Å². The summed E-state index contributed by atoms with van der Waals surface area (Å²) in [5.41, 5.74) is 3.10. The third kappa shape index (κ3) is 5.37. The first kappa shape index (κ1) is 22.0. The number of urea groups is 1. The molecule has 5 heteroatoms. The molecule has 1 aliphatic rings. The molecule has 1 aliphatic heterocycles. The topological polar surface area (TPSA) is 69.6 Å². The van der Waals surface area contributed by atoms with E-state index in [1.807, 2.05) is 13.1 Å². The molecule has 2 rings (SSSR count). The maximum atomic E-state index is 12.6. The van der Waals surface area contributed by atoms with Crippen molar-refractivity contribution in [3.8, 4) is 0 Å². The minimum absolute atomic E-state index is 0.0749. The summed E-state index contributed by atoms with van der Waals surface area (Å²) in [5.74, 6) is -0.704. The number of amides is 2. The third-order valence-electron chi connectivity index (χ3n) is 5.37. The molecule has 28 heavy (non-hydrogen) atoms. The van der Waals surface area contributed by atoms with Gasteiger partial charge >= 0.3 is 12.0 Å². The molecule has 0 spiro atoms. The number of benzene rings is 1. The molecule has 5 nitrogen and oxygen atoms in total. The number of carboxylic acid groups (broad SMARTS) is 1. The number of hydrogen-bond donors (Lipinski definition) is 2. The van der Waals surface area contributed by atoms with E-state index in [1.165, 1.54) is 10.5 Å². The van der Waals surface area contributed by atoms with Gasteiger partial charge in [-0.15, -0.1) is 0 Å². The summed E-state index contributed by atoms with van der Waals surface area (Å²) in [6, 6.07) is 8.23. The second-order valence-electron chi connectivity index (χ2n) is 9.39. The van der Waals surface area contributed by atoms with Gasteiger partial charge in [-0.25, -0.2) is 4.79 Å². The molecule has 0 bridgehead atoms. The molecule has 1 aromatic rings. The van der Waals surface area contributed by atoms with Gasteiger partial charge in [0.05, 0.1) is 12.0 Å². The zero-order valence-electron chi connectivity index (χ0n) is 18.0. The molecular weight excluding hydrogens is 352 g/mol. The van der Waals surface area contributed by atoms with Crippen molar-refractivity contribution in [3.63, 3.8) is 0 Å². The van der Waals surface area contributed by atoms with Crippen LogP contribution >= 0.6 is 0 Å². The van der Waals surface area contributed by atoms with E-state index in [2.05, 4.69) is 64.2 Å². The van der Waals surface area contributed by atoms with Crippen molar-refractivity contribution < 1.29 is 14.7 Å². The SMILES string of the molecule is CC(C)C1=CN(CCC(=O)O)C(=O)N[C@@]1(C)c1ccc(CCC(C)(C)C)cc1. The number of rotatable bonds is 7. The maximum absolute atomic E-state index is 12.6. The fraction of sp³-hybridized carbons (Fsp3) is 0.565. The summed E-state index contributed by atoms with van der Waals surface area (Å²) in [6.45, 7) is 13.1. The van der Waals surface area contributed by atoms with Crippen molar-refractivity contribution in [2.75, 3.05) is 6.54 Å². The van der Waals surface area contributed by atoms with Gasteiger partial charge in [0.15, 0.2) is 0 Å². The van der Waals surface area contributed by atoms with E-state index in [0.717, 1.165) is 24.0 Å². The van der Waals surface area contributed by atoms with Crippen LogP contribution in [0.4, 0.5) is 4.79 Å². The number of aryl methyl sites for hydroxylation is 1. The Labute approximate surface area is 168 Å². The maximum Gasteiger partial charge on any atom is 0.322 e. The highest BCUT2D eigenvalue weighted by Crippen LogP contribution is 2.37. The van der Waals surface area contributed by atoms with Crippen LogP contribution in [0.3, 0.4) is 0 Å². The van der Waals surface area contributed by atoms with Crippen LogP contribution in [0.15, 0.2) is 36.0 Å². The summed E-state index contributed by atoms with van der Waals surface area (Å²) in [5, 5.41) is 12.0. The normalized spacial score (nSPS) is 20.2. The quantitative estimate of drug-likeness (QED) is 0.699. The fourth-order valence-electron chi connectivity index (χ4n) is 3.58. The minimum Gasteiger partial charge on any atom is -0.481 e. The monoisotopic (exact) mass is 386 g/mol. The lowest BCUT2D eigenvalue weighted by Crippen LogP contribution is -2.54. The Morgan fingerprint density at radius 3 is 2.32 bits per heavy atom. The zero-order chi connectivity index (χ0) is 21.1. The van der Waals surface area contributed by atoms with E-state index in [9.17, 15) is 9.59 Å². The first-order valence-electron chi connectivity index (χ1n) is 10.0. The van der Waals surface area contributed by atoms with E-state index in [-0.39, 0.29) is 24.9 Å². The lowest BCUT2D eigenvalue weighted by atomic mass is 9.78. The Bertz CT molecular complexity index is 744. The number of carboxylic acids is 1. The molecule has 0 unspecified atom stereocenters. The molecule has 0 aromatic heterocycles. The standard InChI is InChI=1S/C23H34N2O3/c1-16(2)19-15-25(14-12-20(26)27)21(28)24-23(19,6)18-9-7-17(8-10-18)11-13-22(3,4)5/h7-10,15-16H,11-14H2,1-6H3,(H,24,28)(H,26,27)/t23-/m0/s1. The van der Waals surface area contributed by atoms with Crippen molar-refractivity contribution in [1.29, 1.82) is 0 Å². The first-order chi connectivity index (χ1) is 12.9. The number of hydrogen-bond acceptors (Lipinski definition) is 2. The van der Waals surface area contributed by atoms with Crippen LogP contribution < -0.4 is 5.32 Å². The Balaban J connectivity index is 2.28. The van der Waals surface area contributed by atoms with Crippen LogP contribution in [0.25, 0.3) is 0 Å². The highest BCUT2D eigenvalue weighted by atomic mass is 16.4. The van der Waals surface area contributed by atoms with Gasteiger partial charge in [0, 0.05) is 12.7 Å². The van der Waals surface area contributed by atoms with Crippen molar-refractivity contribution in [2.45, 2.75) is 66.3 Å². The molecule has 1 atom stereocenters. The Kier molecular flexibility index (Phi) is 6.58. The molecule has 0 saturated heterocycles. The molecule has 0 saturated carbocycles. The second-order valence-corrected chi connectivity index (χ2v) is 9.39. The van der Waals surface area contributed by atoms with Crippen molar-refractivity contribution in [1.82, 2.24) is 10.2 Å². The van der Waals surface area contributed by atoms with Crippen molar-refractivity contribution in [2.24, 2.45) is 11.3 Å². The Morgan fingerprint density at radius 1 is 1.21 bits per heavy atom. The molecule has 2 N–H and O–H groups in total. The van der Waals surface area contributed by atoms with Gasteiger partial charge in [0.2, 0.25) is 0 Å². The molecule has 2 amide bonds. The Morgan fingerprint density at radius 2 is 1.82 bits per heavy atom. The molecule has 1 heterocycles. The van der Waals surface area contributed by atoms with Crippen LogP contribution in [0.5, 0.6) is 0 Å². The molecule has 0 radical (unpaired) electrons. The van der Waals surface area contributed by atoms with Gasteiger partial charge in [-0.1, -0.05) is 58.9 Å². The lowest BCUT2D eigenvalue weighted by Gasteiger charge is -2.42. The summed E-state index contributed by atoms with van der Waals surface area (Å²) in [7, 11) is 0. The molecule has 0 aliphatic carbocycles. The van der Waals surface area contributed by atoms with E-state index in [4.69, 9.17) is 5.11 Å². The number of carbonyl (C=O) groups excluding carboxylic acids is 1. The van der Waals surface area contributed by atoms with Crippen LogP contribution in [0.2, 0.25) is 0 Å². The average Bonchev–Trinajstić information content (AvgIpc) is 2.58. The minimum atomic E-state index is -0.911. The second kappa shape index (κ2) is 8.38. The fourth-order valence-corrected chi connectivity index (χ4v) is 3.58. The third-order valence-corrected chi connectivity index (χ3v) is 5.37. The molecule has 0 fully saturated rings. The summed E-state index contributed by atoms with van der Waals surface area (Å²) in [6.07, 6.45) is 3.91. The van der Waals surface area contributed by atoms with Gasteiger partial charge in [0.1, 0.15) is 0 Å². The van der Waals surface area contributed by atoms with Gasteiger partial charge in [-0.05, 0) is 47.8 Å². The number of aliphatic carboxylic acids is 1. The number of nitrogens with one attached hydrogen (secondary N) is 1. The number of carbonyl (C=O) groups is 2.